The molecule has 0 saturated carbocycles. The third kappa shape index (κ3) is 3.05. The lowest BCUT2D eigenvalue weighted by Crippen LogP contribution is -2.05. The van der Waals surface area contributed by atoms with Gasteiger partial charge in [0.1, 0.15) is 20.2 Å². The number of rotatable bonds is 2. The van der Waals surface area contributed by atoms with Crippen molar-refractivity contribution in [1.82, 2.24) is 6.15 Å². The molecule has 2 aromatic rings. The third-order valence-electron chi connectivity index (χ3n) is 2.47. The third-order valence-corrected chi connectivity index (χ3v) is 4.16. The molecule has 0 aliphatic heterocycles. The second-order valence-electron chi connectivity index (χ2n) is 3.81. The van der Waals surface area contributed by atoms with Crippen molar-refractivity contribution in [1.29, 1.82) is 0 Å². The summed E-state index contributed by atoms with van der Waals surface area (Å²) < 4.78 is 66.3. The van der Waals surface area contributed by atoms with Gasteiger partial charge in [0, 0.05) is 11.1 Å². The van der Waals surface area contributed by atoms with Crippen LogP contribution < -0.4 is 11.9 Å². The molecule has 0 aliphatic rings. The van der Waals surface area contributed by atoms with Crippen LogP contribution in [0.25, 0.3) is 10.8 Å². The van der Waals surface area contributed by atoms with Gasteiger partial charge in [-0.2, -0.15) is 0 Å². The average Bonchev–Trinajstić information content (AvgIpc) is 2.24. The van der Waals surface area contributed by atoms with Crippen molar-refractivity contribution in [2.24, 2.45) is 0 Å². The Morgan fingerprint density at radius 1 is 0.900 bits per heavy atom. The Hall–Kier alpha value is -1.72. The highest BCUT2D eigenvalue weighted by molar-refractivity contribution is 7.86. The molecule has 2 rings (SSSR count). The number of quaternary nitrogens is 1. The molecular weight excluding hydrogens is 308 g/mol. The lowest BCUT2D eigenvalue weighted by molar-refractivity contribution is 0.462. The van der Waals surface area contributed by atoms with E-state index in [0.29, 0.717) is 6.07 Å². The Kier molecular flexibility index (Phi) is 4.08. The molecule has 6 N–H and O–H groups in total. The first-order valence-electron chi connectivity index (χ1n) is 4.84. The molecule has 0 aromatic heterocycles. The summed E-state index contributed by atoms with van der Waals surface area (Å²) in [5, 5.41) is 0.1000. The summed E-state index contributed by atoms with van der Waals surface area (Å²) in [6.07, 6.45) is 0. The molecule has 0 spiro atoms. The van der Waals surface area contributed by atoms with Gasteiger partial charge in [0.15, 0.2) is 0 Å². The lowest BCUT2D eigenvalue weighted by atomic mass is 10.1. The van der Waals surface area contributed by atoms with Crippen LogP contribution in [0, 0.1) is 0 Å². The van der Waals surface area contributed by atoms with Crippen LogP contribution >= 0.6 is 0 Å². The van der Waals surface area contributed by atoms with Crippen molar-refractivity contribution in [2.45, 2.75) is 9.79 Å². The Bertz CT molecular complexity index is 874. The molecule has 0 atom stereocenters. The van der Waals surface area contributed by atoms with E-state index in [1.807, 2.05) is 0 Å². The number of hydrogen-bond donors (Lipinski definition) is 2. The summed E-state index contributed by atoms with van der Waals surface area (Å²) in [5.41, 5.74) is 5.69. The predicted molar refractivity (Wildman–Crippen MR) is 70.3 cm³/mol. The summed E-state index contributed by atoms with van der Waals surface area (Å²) in [6, 6.07) is 5.48. The zero-order chi connectivity index (χ0) is 14.4. The fraction of sp³-hybridized carbons (Fsp3) is 0. The van der Waals surface area contributed by atoms with Gasteiger partial charge in [0.05, 0.1) is 9.79 Å². The molecule has 0 fully saturated rings. The fourth-order valence-electron chi connectivity index (χ4n) is 1.67. The molecule has 8 nitrogen and oxygen atoms in total. The molecule has 0 heterocycles. The van der Waals surface area contributed by atoms with Crippen LogP contribution in [-0.2, 0) is 20.2 Å². The van der Waals surface area contributed by atoms with Crippen LogP contribution in [-0.4, -0.2) is 25.9 Å². The topological polar surface area (TPSA) is 177 Å². The largest absolute Gasteiger partial charge is 0.744 e. The zero-order valence-electron chi connectivity index (χ0n) is 10.2. The molecule has 10 heteroatoms. The molecule has 0 radical (unpaired) electrons. The van der Waals surface area contributed by atoms with E-state index in [1.54, 1.807) is 0 Å². The Balaban J connectivity index is 0.00000200. The maximum Gasteiger partial charge on any atom is 0.125 e. The van der Waals surface area contributed by atoms with E-state index in [2.05, 4.69) is 0 Å². The highest BCUT2D eigenvalue weighted by Gasteiger charge is 2.13. The van der Waals surface area contributed by atoms with E-state index in [9.17, 15) is 25.9 Å². The summed E-state index contributed by atoms with van der Waals surface area (Å²) in [4.78, 5) is -1.56. The molecule has 0 saturated heterocycles. The second kappa shape index (κ2) is 5.00. The fourth-order valence-corrected chi connectivity index (χ4v) is 2.99. The molecule has 0 amide bonds. The molecule has 0 bridgehead atoms. The monoisotopic (exact) mass is 319 g/mol. The van der Waals surface area contributed by atoms with Crippen LogP contribution in [0.2, 0.25) is 0 Å². The summed E-state index contributed by atoms with van der Waals surface area (Å²) in [6.45, 7) is 0. The number of anilines is 1. The Morgan fingerprint density at radius 3 is 2.00 bits per heavy atom. The van der Waals surface area contributed by atoms with E-state index < -0.39 is 30.0 Å². The van der Waals surface area contributed by atoms with Crippen LogP contribution in [0.15, 0.2) is 40.1 Å². The number of nitrogens with two attached hydrogens (primary N) is 1. The van der Waals surface area contributed by atoms with Gasteiger partial charge >= 0.3 is 0 Å². The van der Waals surface area contributed by atoms with Crippen molar-refractivity contribution in [3.8, 4) is 0 Å². The van der Waals surface area contributed by atoms with E-state index in [1.165, 1.54) is 18.2 Å². The maximum absolute atomic E-state index is 11.1. The van der Waals surface area contributed by atoms with E-state index in [4.69, 9.17) is 5.73 Å². The summed E-state index contributed by atoms with van der Waals surface area (Å²) in [7, 11) is -9.81. The molecule has 20 heavy (non-hydrogen) atoms. The minimum absolute atomic E-state index is 0. The van der Waals surface area contributed by atoms with Crippen molar-refractivity contribution in [3.63, 3.8) is 0 Å². The van der Waals surface area contributed by atoms with Crippen LogP contribution in [0.3, 0.4) is 0 Å². The van der Waals surface area contributed by atoms with Gasteiger partial charge in [0.25, 0.3) is 0 Å². The number of benzene rings is 2. The van der Waals surface area contributed by atoms with Crippen molar-refractivity contribution in [2.75, 3.05) is 5.73 Å². The minimum Gasteiger partial charge on any atom is -0.744 e. The van der Waals surface area contributed by atoms with Crippen LogP contribution in [0.5, 0.6) is 0 Å². The standard InChI is InChI=1S/C10H9NO6S2.H3N/c11-7-2-1-6-3-8(18(12,13)14)5-10(9(6)4-7)19(15,16)17;/h1-5H,11H2,(H,12,13,14)(H,15,16,17);1H3/p-1. The quantitative estimate of drug-likeness (QED) is 0.601. The molecule has 0 unspecified atom stereocenters. The second-order valence-corrected chi connectivity index (χ2v) is 6.54. The molecule has 0 aliphatic carbocycles. The maximum atomic E-state index is 11.1. The van der Waals surface area contributed by atoms with Gasteiger partial charge in [-0.15, -0.1) is 0 Å². The Morgan fingerprint density at radius 2 is 1.50 bits per heavy atom. The van der Waals surface area contributed by atoms with Gasteiger partial charge in [-0.25, -0.2) is 16.8 Å². The molecular formula is C10H11N2O6S2-. The van der Waals surface area contributed by atoms with Gasteiger partial charge in [-0.1, -0.05) is 6.07 Å². The van der Waals surface area contributed by atoms with Crippen molar-refractivity contribution >= 4 is 36.7 Å². The van der Waals surface area contributed by atoms with Gasteiger partial charge in [0.2, 0.25) is 0 Å². The Labute approximate surface area is 115 Å². The van der Waals surface area contributed by atoms with Crippen LogP contribution in [0.1, 0.15) is 0 Å². The first kappa shape index (κ1) is 16.3. The molecule has 110 valence electrons. The first-order chi connectivity index (χ1) is 8.59. The smallest absolute Gasteiger partial charge is 0.125 e. The minimum atomic E-state index is -4.94. The van der Waals surface area contributed by atoms with Crippen molar-refractivity contribution < 1.29 is 25.9 Å². The summed E-state index contributed by atoms with van der Waals surface area (Å²) in [5.74, 6) is 0. The number of fused-ring (bicyclic) bond motifs is 1. The van der Waals surface area contributed by atoms with Crippen molar-refractivity contribution in [3.05, 3.63) is 30.3 Å². The van der Waals surface area contributed by atoms with E-state index >= 15 is 0 Å². The first-order valence-corrected chi connectivity index (χ1v) is 7.66. The molecule has 2 aromatic carbocycles. The SMILES string of the molecule is Nc1ccc2cc(S(=O)(=O)[O-])cc(S(=O)(=O)[O-])c2c1.[NH4+]. The normalized spacial score (nSPS) is 12.1. The van der Waals surface area contributed by atoms with Crippen LogP contribution in [0.4, 0.5) is 5.69 Å². The van der Waals surface area contributed by atoms with Gasteiger partial charge in [-0.05, 0) is 29.7 Å². The zero-order valence-corrected chi connectivity index (χ0v) is 11.9. The van der Waals surface area contributed by atoms with E-state index in [0.717, 1.165) is 6.07 Å². The highest BCUT2D eigenvalue weighted by Crippen LogP contribution is 2.28. The van der Waals surface area contributed by atoms with Gasteiger partial charge < -0.3 is 21.0 Å². The van der Waals surface area contributed by atoms with E-state index in [-0.39, 0.29) is 22.6 Å². The lowest BCUT2D eigenvalue weighted by Gasteiger charge is -2.15. The van der Waals surface area contributed by atoms with Gasteiger partial charge in [-0.3, -0.25) is 0 Å². The number of hydrogen-bond acceptors (Lipinski definition) is 7. The highest BCUT2D eigenvalue weighted by atomic mass is 32.2. The predicted octanol–water partition coefficient (Wildman–Crippen LogP) is 0.606. The summed E-state index contributed by atoms with van der Waals surface area (Å²) >= 11 is 0. The number of nitrogen functional groups attached to an aromatic ring is 1. The average molecular weight is 319 g/mol.